The van der Waals surface area contributed by atoms with Gasteiger partial charge in [0.25, 0.3) is 5.91 Å². The van der Waals surface area contributed by atoms with Crippen molar-refractivity contribution >= 4 is 35.1 Å². The Morgan fingerprint density at radius 1 is 1.35 bits per heavy atom. The highest BCUT2D eigenvalue weighted by Crippen LogP contribution is 2.26. The molecule has 1 amide bonds. The highest BCUT2D eigenvalue weighted by Gasteiger charge is 2.18. The lowest BCUT2D eigenvalue weighted by Crippen LogP contribution is -2.42. The molecule has 0 unspecified atom stereocenters. The lowest BCUT2D eigenvalue weighted by atomic mass is 10.2. The van der Waals surface area contributed by atoms with E-state index in [0.29, 0.717) is 28.6 Å². The first-order valence-electron chi connectivity index (χ1n) is 6.04. The summed E-state index contributed by atoms with van der Waals surface area (Å²) in [7, 11) is 0. The smallest absolute Gasteiger partial charge is 0.326 e. The molecule has 0 radical (unpaired) electrons. The molecular weight excluding hydrogens is 305 g/mol. The van der Waals surface area contributed by atoms with Crippen LogP contribution < -0.4 is 10.1 Å². The van der Waals surface area contributed by atoms with Crippen molar-refractivity contribution < 1.29 is 19.4 Å². The molecule has 1 atom stereocenters. The van der Waals surface area contributed by atoms with E-state index >= 15 is 0 Å². The van der Waals surface area contributed by atoms with Gasteiger partial charge in [0.15, 0.2) is 6.61 Å². The van der Waals surface area contributed by atoms with Gasteiger partial charge in [0, 0.05) is 6.07 Å². The molecule has 7 heteroatoms. The molecule has 0 fully saturated rings. The number of nitrogens with one attached hydrogen (secondary N) is 1. The van der Waals surface area contributed by atoms with Crippen LogP contribution in [0.1, 0.15) is 19.8 Å². The molecule has 20 heavy (non-hydrogen) atoms. The third-order valence-corrected chi connectivity index (χ3v) is 3.21. The van der Waals surface area contributed by atoms with Crippen molar-refractivity contribution in [3.63, 3.8) is 0 Å². The second-order valence-corrected chi connectivity index (χ2v) is 4.93. The van der Waals surface area contributed by atoms with Crippen molar-refractivity contribution in [1.82, 2.24) is 5.32 Å². The molecule has 0 saturated heterocycles. The number of carboxylic acid groups (broad SMARTS) is 1. The Labute approximate surface area is 126 Å². The topological polar surface area (TPSA) is 75.6 Å². The molecule has 2 N–H and O–H groups in total. The summed E-state index contributed by atoms with van der Waals surface area (Å²) >= 11 is 11.6. The van der Waals surface area contributed by atoms with Gasteiger partial charge in [-0.3, -0.25) is 4.79 Å². The van der Waals surface area contributed by atoms with E-state index in [1.807, 2.05) is 6.92 Å². The fourth-order valence-corrected chi connectivity index (χ4v) is 1.79. The average molecular weight is 320 g/mol. The fraction of sp³-hybridized carbons (Fsp3) is 0.385. The van der Waals surface area contributed by atoms with E-state index in [1.54, 1.807) is 12.1 Å². The maximum Gasteiger partial charge on any atom is 0.326 e. The molecule has 1 rings (SSSR count). The van der Waals surface area contributed by atoms with E-state index < -0.39 is 17.9 Å². The number of benzene rings is 1. The van der Waals surface area contributed by atoms with Crippen LogP contribution in [0.4, 0.5) is 0 Å². The van der Waals surface area contributed by atoms with Crippen LogP contribution >= 0.6 is 23.2 Å². The molecular formula is C13H15Cl2NO4. The Bertz CT molecular complexity index is 493. The molecule has 0 spiro atoms. The Kier molecular flexibility index (Phi) is 6.61. The van der Waals surface area contributed by atoms with Crippen LogP contribution in [0.2, 0.25) is 10.0 Å². The fourth-order valence-electron chi connectivity index (χ4n) is 1.50. The number of hydrogen-bond donors (Lipinski definition) is 2. The number of carbonyl (C=O) groups is 2. The van der Waals surface area contributed by atoms with Gasteiger partial charge in [0.2, 0.25) is 0 Å². The van der Waals surface area contributed by atoms with Gasteiger partial charge in [0.1, 0.15) is 11.8 Å². The summed E-state index contributed by atoms with van der Waals surface area (Å²) in [6, 6.07) is 3.71. The number of carboxylic acids is 1. The molecule has 0 aliphatic carbocycles. The van der Waals surface area contributed by atoms with Crippen LogP contribution in [0.5, 0.6) is 5.75 Å². The highest BCUT2D eigenvalue weighted by molar-refractivity contribution is 6.42. The minimum absolute atomic E-state index is 0.286. The molecule has 0 aliphatic rings. The minimum Gasteiger partial charge on any atom is -0.484 e. The predicted octanol–water partition coefficient (Wildman–Crippen LogP) is 2.74. The lowest BCUT2D eigenvalue weighted by Gasteiger charge is -2.14. The van der Waals surface area contributed by atoms with Crippen LogP contribution in [-0.4, -0.2) is 29.6 Å². The molecule has 1 aromatic rings. The van der Waals surface area contributed by atoms with Crippen LogP contribution in [0.15, 0.2) is 18.2 Å². The van der Waals surface area contributed by atoms with Crippen LogP contribution in [0.3, 0.4) is 0 Å². The zero-order valence-electron chi connectivity index (χ0n) is 10.9. The number of aliphatic carboxylic acids is 1. The third kappa shape index (κ3) is 5.27. The Hall–Kier alpha value is -1.46. The quantitative estimate of drug-likeness (QED) is 0.810. The zero-order chi connectivity index (χ0) is 15.1. The molecule has 1 aromatic carbocycles. The van der Waals surface area contributed by atoms with E-state index in [4.69, 9.17) is 33.0 Å². The van der Waals surface area contributed by atoms with Gasteiger partial charge in [-0.2, -0.15) is 0 Å². The molecule has 0 bridgehead atoms. The average Bonchev–Trinajstić information content (AvgIpc) is 2.39. The van der Waals surface area contributed by atoms with Crippen molar-refractivity contribution in [2.45, 2.75) is 25.8 Å². The largest absolute Gasteiger partial charge is 0.484 e. The first-order valence-corrected chi connectivity index (χ1v) is 6.79. The van der Waals surface area contributed by atoms with Crippen molar-refractivity contribution in [2.24, 2.45) is 0 Å². The van der Waals surface area contributed by atoms with Gasteiger partial charge in [-0.25, -0.2) is 4.79 Å². The first-order chi connectivity index (χ1) is 9.43. The second-order valence-electron chi connectivity index (χ2n) is 4.11. The number of carbonyl (C=O) groups excluding carboxylic acids is 1. The van der Waals surface area contributed by atoms with Gasteiger partial charge in [-0.15, -0.1) is 0 Å². The lowest BCUT2D eigenvalue weighted by molar-refractivity contribution is -0.142. The zero-order valence-corrected chi connectivity index (χ0v) is 12.4. The SMILES string of the molecule is CCC[C@@H](NC(=O)COc1ccc(Cl)c(Cl)c1)C(=O)O. The Morgan fingerprint density at radius 3 is 2.60 bits per heavy atom. The van der Waals surface area contributed by atoms with Gasteiger partial charge in [-0.05, 0) is 18.6 Å². The highest BCUT2D eigenvalue weighted by atomic mass is 35.5. The standard InChI is InChI=1S/C13H15Cl2NO4/c1-2-3-11(13(18)19)16-12(17)7-20-8-4-5-9(14)10(15)6-8/h4-6,11H,2-3,7H2,1H3,(H,16,17)(H,18,19)/t11-/m1/s1. The molecule has 0 aliphatic heterocycles. The number of halogens is 2. The molecule has 0 saturated carbocycles. The minimum atomic E-state index is -1.06. The number of ether oxygens (including phenoxy) is 1. The predicted molar refractivity (Wildman–Crippen MR) is 76.4 cm³/mol. The van der Waals surface area contributed by atoms with Crippen molar-refractivity contribution in [3.05, 3.63) is 28.2 Å². The Morgan fingerprint density at radius 2 is 2.05 bits per heavy atom. The van der Waals surface area contributed by atoms with E-state index in [-0.39, 0.29) is 6.61 Å². The summed E-state index contributed by atoms with van der Waals surface area (Å²) in [6.07, 6.45) is 1.03. The normalized spacial score (nSPS) is 11.8. The van der Waals surface area contributed by atoms with E-state index in [0.717, 1.165) is 0 Å². The van der Waals surface area contributed by atoms with Gasteiger partial charge in [0.05, 0.1) is 10.0 Å². The molecule has 0 aromatic heterocycles. The van der Waals surface area contributed by atoms with Gasteiger partial charge in [-0.1, -0.05) is 36.5 Å². The second kappa shape index (κ2) is 7.97. The van der Waals surface area contributed by atoms with E-state index in [1.165, 1.54) is 6.07 Å². The maximum atomic E-state index is 11.6. The van der Waals surface area contributed by atoms with Crippen molar-refractivity contribution in [1.29, 1.82) is 0 Å². The summed E-state index contributed by atoms with van der Waals surface area (Å²) in [4.78, 5) is 22.5. The maximum absolute atomic E-state index is 11.6. The first kappa shape index (κ1) is 16.6. The molecule has 0 heterocycles. The number of hydrogen-bond acceptors (Lipinski definition) is 3. The monoisotopic (exact) mass is 319 g/mol. The number of rotatable bonds is 7. The summed E-state index contributed by atoms with van der Waals surface area (Å²) in [6.45, 7) is 1.56. The van der Waals surface area contributed by atoms with Crippen molar-refractivity contribution in [3.8, 4) is 5.75 Å². The number of amides is 1. The van der Waals surface area contributed by atoms with Gasteiger partial charge >= 0.3 is 5.97 Å². The summed E-state index contributed by atoms with van der Waals surface area (Å²) in [5, 5.41) is 12.0. The van der Waals surface area contributed by atoms with Crippen molar-refractivity contribution in [2.75, 3.05) is 6.61 Å². The summed E-state index contributed by atoms with van der Waals surface area (Å²) in [5.41, 5.74) is 0. The van der Waals surface area contributed by atoms with E-state index in [2.05, 4.69) is 5.32 Å². The third-order valence-electron chi connectivity index (χ3n) is 2.47. The Balaban J connectivity index is 2.50. The molecule has 110 valence electrons. The van der Waals surface area contributed by atoms with Crippen LogP contribution in [0.25, 0.3) is 0 Å². The summed E-state index contributed by atoms with van der Waals surface area (Å²) in [5.74, 6) is -1.18. The van der Waals surface area contributed by atoms with Gasteiger partial charge < -0.3 is 15.2 Å². The van der Waals surface area contributed by atoms with Crippen LogP contribution in [-0.2, 0) is 9.59 Å². The van der Waals surface area contributed by atoms with Crippen LogP contribution in [0, 0.1) is 0 Å². The van der Waals surface area contributed by atoms with E-state index in [9.17, 15) is 9.59 Å². The summed E-state index contributed by atoms with van der Waals surface area (Å²) < 4.78 is 5.21. The molecule has 5 nitrogen and oxygen atoms in total.